The summed E-state index contributed by atoms with van der Waals surface area (Å²) in [5.74, 6) is 1.30. The van der Waals surface area contributed by atoms with E-state index in [1.54, 1.807) is 4.90 Å². The molecule has 2 saturated carbocycles. The molecule has 1 heterocycles. The van der Waals surface area contributed by atoms with Crippen LogP contribution in [-0.4, -0.2) is 48.7 Å². The molecule has 5 rings (SSSR count). The summed E-state index contributed by atoms with van der Waals surface area (Å²) in [5.41, 5.74) is 2.04. The van der Waals surface area contributed by atoms with Crippen molar-refractivity contribution >= 4 is 11.9 Å². The minimum atomic E-state index is -1.29. The summed E-state index contributed by atoms with van der Waals surface area (Å²) < 4.78 is 25.6. The van der Waals surface area contributed by atoms with Gasteiger partial charge in [-0.3, -0.25) is 4.79 Å². The summed E-state index contributed by atoms with van der Waals surface area (Å²) in [7, 11) is 0. The molecule has 0 radical (unpaired) electrons. The van der Waals surface area contributed by atoms with Crippen molar-refractivity contribution in [2.45, 2.75) is 76.9 Å². The number of nitrogens with zero attached hydrogens (tertiary/aromatic N) is 1. The number of halogens is 1. The maximum Gasteiger partial charge on any atom is 0.415 e. The number of amides is 1. The van der Waals surface area contributed by atoms with Crippen molar-refractivity contribution in [1.29, 1.82) is 0 Å². The molecule has 1 aromatic rings. The molecule has 6 heteroatoms. The first-order valence-electron chi connectivity index (χ1n) is 12.3. The Labute approximate surface area is 189 Å². The highest BCUT2D eigenvalue weighted by Gasteiger charge is 2.58. The maximum atomic E-state index is 14.3. The Balaban J connectivity index is 1.32. The van der Waals surface area contributed by atoms with Crippen LogP contribution in [-0.2, 0) is 16.0 Å². The number of morpholine rings is 1. The van der Waals surface area contributed by atoms with Crippen LogP contribution in [0.5, 0.6) is 5.75 Å². The molecule has 6 atom stereocenters. The highest BCUT2D eigenvalue weighted by molar-refractivity contribution is 5.91. The summed E-state index contributed by atoms with van der Waals surface area (Å²) in [4.78, 5) is 27.1. The second-order valence-electron chi connectivity index (χ2n) is 10.4. The smallest absolute Gasteiger partial charge is 0.410 e. The number of alkyl halides is 1. The Morgan fingerprint density at radius 3 is 3.00 bits per heavy atom. The molecule has 0 N–H and O–H groups in total. The summed E-state index contributed by atoms with van der Waals surface area (Å²) in [5, 5.41) is 0. The van der Waals surface area contributed by atoms with E-state index in [0.29, 0.717) is 43.8 Å². The number of Topliss-reactive ketones (excluding diaryl/α,β-unsaturated/α-hetero) is 1. The minimum Gasteiger partial charge on any atom is -0.410 e. The minimum absolute atomic E-state index is 0.0737. The van der Waals surface area contributed by atoms with Gasteiger partial charge in [0, 0.05) is 12.0 Å². The molecule has 0 spiro atoms. The van der Waals surface area contributed by atoms with Gasteiger partial charge in [-0.25, -0.2) is 9.18 Å². The lowest BCUT2D eigenvalue weighted by atomic mass is 9.55. The summed E-state index contributed by atoms with van der Waals surface area (Å²) in [6, 6.07) is 6.10. The Bertz CT molecular complexity index is 902. The standard InChI is InChI=1S/C26H34FNO4/c1-3-4-17-15-31-12-11-28(17)25(30)32-18-6-8-19-16(13-18)5-7-21-20(19)9-10-26(2)22(21)14-23(27)24(26)29/h6,8,13,17,20-23H,3-5,7,9-12,14-15H2,1-2H3. The van der Waals surface area contributed by atoms with Gasteiger partial charge in [-0.1, -0.05) is 26.3 Å². The van der Waals surface area contributed by atoms with Gasteiger partial charge in [0.15, 0.2) is 12.0 Å². The van der Waals surface area contributed by atoms with Gasteiger partial charge in [0.05, 0.1) is 19.3 Å². The van der Waals surface area contributed by atoms with Crippen LogP contribution in [0.3, 0.4) is 0 Å². The summed E-state index contributed by atoms with van der Waals surface area (Å²) in [6.45, 7) is 5.78. The fraction of sp³-hybridized carbons (Fsp3) is 0.692. The maximum absolute atomic E-state index is 14.3. The Hall–Kier alpha value is -1.95. The van der Waals surface area contributed by atoms with E-state index in [1.807, 2.05) is 19.1 Å². The van der Waals surface area contributed by atoms with Crippen LogP contribution >= 0.6 is 0 Å². The van der Waals surface area contributed by atoms with Crippen LogP contribution in [0.1, 0.15) is 69.4 Å². The third kappa shape index (κ3) is 3.55. The summed E-state index contributed by atoms with van der Waals surface area (Å²) in [6.07, 6.45) is 4.25. The van der Waals surface area contributed by atoms with Crippen molar-refractivity contribution in [2.75, 3.05) is 19.8 Å². The largest absolute Gasteiger partial charge is 0.415 e. The van der Waals surface area contributed by atoms with E-state index in [-0.39, 0.29) is 23.8 Å². The number of hydrogen-bond donors (Lipinski definition) is 0. The van der Waals surface area contributed by atoms with Crippen molar-refractivity contribution in [1.82, 2.24) is 4.90 Å². The van der Waals surface area contributed by atoms with Crippen LogP contribution in [0.25, 0.3) is 0 Å². The monoisotopic (exact) mass is 443 g/mol. The third-order valence-electron chi connectivity index (χ3n) is 8.68. The van der Waals surface area contributed by atoms with Crippen molar-refractivity contribution in [2.24, 2.45) is 17.3 Å². The number of rotatable bonds is 3. The molecule has 1 aliphatic heterocycles. The molecule has 3 aliphatic carbocycles. The Kier molecular flexibility index (Phi) is 5.77. The van der Waals surface area contributed by atoms with Crippen molar-refractivity contribution in [3.8, 4) is 5.75 Å². The lowest BCUT2D eigenvalue weighted by molar-refractivity contribution is -0.132. The van der Waals surface area contributed by atoms with Crippen LogP contribution in [0.4, 0.5) is 9.18 Å². The number of fused-ring (bicyclic) bond motifs is 5. The van der Waals surface area contributed by atoms with Gasteiger partial charge < -0.3 is 14.4 Å². The predicted octanol–water partition coefficient (Wildman–Crippen LogP) is 5.06. The molecule has 4 aliphatic rings. The second-order valence-corrected chi connectivity index (χ2v) is 10.4. The van der Waals surface area contributed by atoms with E-state index in [1.165, 1.54) is 11.1 Å². The lowest BCUT2D eigenvalue weighted by Gasteiger charge is -2.48. The van der Waals surface area contributed by atoms with E-state index < -0.39 is 11.6 Å². The first kappa shape index (κ1) is 21.9. The van der Waals surface area contributed by atoms with Crippen LogP contribution in [0, 0.1) is 17.3 Å². The number of carbonyl (C=O) groups excluding carboxylic acids is 2. The fourth-order valence-corrected chi connectivity index (χ4v) is 7.00. The van der Waals surface area contributed by atoms with Crippen LogP contribution in [0.2, 0.25) is 0 Å². The van der Waals surface area contributed by atoms with Gasteiger partial charge in [-0.2, -0.15) is 0 Å². The van der Waals surface area contributed by atoms with Gasteiger partial charge >= 0.3 is 6.09 Å². The number of hydrogen-bond acceptors (Lipinski definition) is 4. The zero-order valence-corrected chi connectivity index (χ0v) is 19.1. The summed E-state index contributed by atoms with van der Waals surface area (Å²) >= 11 is 0. The first-order chi connectivity index (χ1) is 15.4. The molecule has 1 aromatic carbocycles. The predicted molar refractivity (Wildman–Crippen MR) is 119 cm³/mol. The lowest BCUT2D eigenvalue weighted by Crippen LogP contribution is -2.49. The SMILES string of the molecule is CCCC1COCCN1C(=O)Oc1ccc2c(c1)CCC1C2CCC2(C)C(=O)C(F)CC12. The molecule has 174 valence electrons. The molecular formula is C26H34FNO4. The van der Waals surface area contributed by atoms with Crippen LogP contribution < -0.4 is 4.74 Å². The second kappa shape index (κ2) is 8.44. The van der Waals surface area contributed by atoms with Gasteiger partial charge in [0.1, 0.15) is 5.75 Å². The number of ketones is 1. The topological polar surface area (TPSA) is 55.8 Å². The van der Waals surface area contributed by atoms with E-state index in [0.717, 1.165) is 38.5 Å². The average molecular weight is 444 g/mol. The van der Waals surface area contributed by atoms with E-state index >= 15 is 0 Å². The van der Waals surface area contributed by atoms with E-state index in [4.69, 9.17) is 9.47 Å². The molecule has 6 unspecified atom stereocenters. The van der Waals surface area contributed by atoms with E-state index in [2.05, 4.69) is 13.0 Å². The number of benzene rings is 1. The van der Waals surface area contributed by atoms with Gasteiger partial charge in [-0.15, -0.1) is 0 Å². The highest BCUT2D eigenvalue weighted by atomic mass is 19.1. The molecule has 32 heavy (non-hydrogen) atoms. The van der Waals surface area contributed by atoms with Crippen LogP contribution in [0.15, 0.2) is 18.2 Å². The van der Waals surface area contributed by atoms with Crippen molar-refractivity contribution in [3.63, 3.8) is 0 Å². The molecule has 5 nitrogen and oxygen atoms in total. The molecule has 0 bridgehead atoms. The Morgan fingerprint density at radius 1 is 1.34 bits per heavy atom. The molecule has 3 fully saturated rings. The van der Waals surface area contributed by atoms with Gasteiger partial charge in [-0.05, 0) is 79.5 Å². The van der Waals surface area contributed by atoms with Crippen molar-refractivity contribution in [3.05, 3.63) is 29.3 Å². The Morgan fingerprint density at radius 2 is 2.19 bits per heavy atom. The number of ether oxygens (including phenoxy) is 2. The molecule has 1 amide bonds. The first-order valence-corrected chi connectivity index (χ1v) is 12.3. The molecular weight excluding hydrogens is 409 g/mol. The number of aryl methyl sites for hydroxylation is 1. The van der Waals surface area contributed by atoms with E-state index in [9.17, 15) is 14.0 Å². The molecule has 0 aromatic heterocycles. The number of carbonyl (C=O) groups is 2. The zero-order valence-electron chi connectivity index (χ0n) is 19.1. The molecule has 1 saturated heterocycles. The van der Waals surface area contributed by atoms with Gasteiger partial charge in [0.2, 0.25) is 0 Å². The average Bonchev–Trinajstić information content (AvgIpc) is 3.03. The quantitative estimate of drug-likeness (QED) is 0.655. The highest BCUT2D eigenvalue weighted by Crippen LogP contribution is 2.60. The zero-order chi connectivity index (χ0) is 22.5. The van der Waals surface area contributed by atoms with Gasteiger partial charge in [0.25, 0.3) is 0 Å². The third-order valence-corrected chi connectivity index (χ3v) is 8.68. The van der Waals surface area contributed by atoms with Crippen molar-refractivity contribution < 1.29 is 23.5 Å². The fourth-order valence-electron chi connectivity index (χ4n) is 7.00. The normalized spacial score (nSPS) is 36.3.